The number of nitrogens with one attached hydrogen (secondary N) is 1. The molecule has 29 heavy (non-hydrogen) atoms. The van der Waals surface area contributed by atoms with Gasteiger partial charge in [-0.25, -0.2) is 5.01 Å². The summed E-state index contributed by atoms with van der Waals surface area (Å²) in [5.74, 6) is 0.193. The number of hydrazone groups is 1. The molecule has 2 aromatic carbocycles. The highest BCUT2D eigenvalue weighted by Gasteiger charge is 2.28. The van der Waals surface area contributed by atoms with Gasteiger partial charge in [-0.1, -0.05) is 12.1 Å². The zero-order valence-electron chi connectivity index (χ0n) is 16.1. The van der Waals surface area contributed by atoms with Crippen molar-refractivity contribution in [2.75, 3.05) is 11.2 Å². The van der Waals surface area contributed by atoms with E-state index in [1.54, 1.807) is 12.1 Å². The van der Waals surface area contributed by atoms with Gasteiger partial charge in [0.15, 0.2) is 5.75 Å². The first-order valence-electron chi connectivity index (χ1n) is 9.26. The van der Waals surface area contributed by atoms with Crippen LogP contribution in [0.5, 0.6) is 5.75 Å². The van der Waals surface area contributed by atoms with Crippen molar-refractivity contribution in [1.29, 1.82) is 0 Å². The van der Waals surface area contributed by atoms with Gasteiger partial charge in [0.25, 0.3) is 0 Å². The Morgan fingerprint density at radius 2 is 2.00 bits per heavy atom. The Balaban J connectivity index is 1.79. The lowest BCUT2D eigenvalue weighted by Crippen LogP contribution is -2.33. The highest BCUT2D eigenvalue weighted by atomic mass is 35.5. The summed E-state index contributed by atoms with van der Waals surface area (Å²) >= 11 is 5.55. The molecule has 0 aromatic heterocycles. The average Bonchev–Trinajstić information content (AvgIpc) is 3.10. The van der Waals surface area contributed by atoms with Crippen LogP contribution in [0, 0.1) is 0 Å². The lowest BCUT2D eigenvalue weighted by molar-refractivity contribution is -0.194. The highest BCUT2D eigenvalue weighted by molar-refractivity contribution is 6.29. The first-order chi connectivity index (χ1) is 14.0. The number of benzene rings is 2. The molecule has 0 fully saturated rings. The van der Waals surface area contributed by atoms with E-state index in [0.717, 1.165) is 22.3 Å². The zero-order chi connectivity index (χ0) is 20.5. The summed E-state index contributed by atoms with van der Waals surface area (Å²) in [6, 6.07) is 11.2. The fourth-order valence-electron chi connectivity index (χ4n) is 3.57. The third-order valence-electron chi connectivity index (χ3n) is 4.93. The van der Waals surface area contributed by atoms with Crippen LogP contribution in [-0.2, 0) is 27.5 Å². The van der Waals surface area contributed by atoms with Crippen LogP contribution in [0.3, 0.4) is 0 Å². The second-order valence-electron chi connectivity index (χ2n) is 7.09. The molecule has 0 saturated heterocycles. The Bertz CT molecular complexity index is 1000. The summed E-state index contributed by atoms with van der Waals surface area (Å²) in [5.41, 5.74) is 5.06. The van der Waals surface area contributed by atoms with Crippen LogP contribution in [-0.4, -0.2) is 34.5 Å². The van der Waals surface area contributed by atoms with Gasteiger partial charge >= 0.3 is 0 Å². The maximum absolute atomic E-state index is 12.2. The Kier molecular flexibility index (Phi) is 5.25. The van der Waals surface area contributed by atoms with E-state index in [1.165, 1.54) is 11.9 Å². The van der Waals surface area contributed by atoms with Crippen molar-refractivity contribution in [3.63, 3.8) is 0 Å². The molecule has 150 valence electrons. The molecule has 1 atom stereocenters. The standard InChI is InChI=1S/C21H20ClN3O4/c1-12-7-15-9-19-16(11-28-29-19)8-18(15)21(24-25(12)13(2)26)14-3-5-17(6-4-14)23-20(27)10-22/h3-6,8-9,12H,7,10-11H2,1-2H3,(H,23,27). The van der Waals surface area contributed by atoms with E-state index in [2.05, 4.69) is 5.32 Å². The van der Waals surface area contributed by atoms with Gasteiger partial charge in [-0.05, 0) is 43.2 Å². The van der Waals surface area contributed by atoms with Crippen LogP contribution in [0.1, 0.15) is 36.1 Å². The van der Waals surface area contributed by atoms with E-state index in [4.69, 9.17) is 26.5 Å². The minimum absolute atomic E-state index is 0.105. The molecule has 0 saturated carbocycles. The average molecular weight is 414 g/mol. The van der Waals surface area contributed by atoms with Gasteiger partial charge in [0, 0.05) is 29.3 Å². The largest absolute Gasteiger partial charge is 0.337 e. The zero-order valence-corrected chi connectivity index (χ0v) is 16.8. The number of anilines is 1. The molecule has 0 spiro atoms. The lowest BCUT2D eigenvalue weighted by Gasteiger charge is -2.21. The number of hydrogen-bond acceptors (Lipinski definition) is 5. The highest BCUT2D eigenvalue weighted by Crippen LogP contribution is 2.33. The molecule has 0 aliphatic carbocycles. The van der Waals surface area contributed by atoms with Crippen LogP contribution in [0.4, 0.5) is 5.69 Å². The Labute approximate surface area is 173 Å². The number of halogens is 1. The number of carbonyl (C=O) groups is 2. The smallest absolute Gasteiger partial charge is 0.239 e. The number of hydrogen-bond donors (Lipinski definition) is 1. The van der Waals surface area contributed by atoms with Crippen molar-refractivity contribution in [2.45, 2.75) is 32.9 Å². The van der Waals surface area contributed by atoms with E-state index in [0.29, 0.717) is 30.2 Å². The maximum Gasteiger partial charge on any atom is 0.239 e. The third-order valence-corrected chi connectivity index (χ3v) is 5.17. The Hall–Kier alpha value is -2.90. The fraction of sp³-hybridized carbons (Fsp3) is 0.286. The molecule has 0 bridgehead atoms. The fourth-order valence-corrected chi connectivity index (χ4v) is 3.63. The van der Waals surface area contributed by atoms with E-state index in [-0.39, 0.29) is 23.7 Å². The summed E-state index contributed by atoms with van der Waals surface area (Å²) < 4.78 is 0. The van der Waals surface area contributed by atoms with Crippen LogP contribution in [0.15, 0.2) is 41.5 Å². The summed E-state index contributed by atoms with van der Waals surface area (Å²) in [7, 11) is 0. The second-order valence-corrected chi connectivity index (χ2v) is 7.35. The molecular weight excluding hydrogens is 394 g/mol. The summed E-state index contributed by atoms with van der Waals surface area (Å²) in [5, 5.41) is 8.94. The third kappa shape index (κ3) is 3.83. The summed E-state index contributed by atoms with van der Waals surface area (Å²) in [6.07, 6.45) is 0.641. The second kappa shape index (κ2) is 7.85. The van der Waals surface area contributed by atoms with Crippen molar-refractivity contribution in [1.82, 2.24) is 5.01 Å². The molecule has 1 N–H and O–H groups in total. The minimum atomic E-state index is -0.274. The van der Waals surface area contributed by atoms with Crippen molar-refractivity contribution in [2.24, 2.45) is 5.10 Å². The van der Waals surface area contributed by atoms with Crippen LogP contribution < -0.4 is 10.2 Å². The number of fused-ring (bicyclic) bond motifs is 2. The molecule has 2 amide bonds. The van der Waals surface area contributed by atoms with Crippen LogP contribution in [0.2, 0.25) is 0 Å². The number of rotatable bonds is 3. The number of nitrogens with zero attached hydrogens (tertiary/aromatic N) is 2. The predicted octanol–water partition coefficient (Wildman–Crippen LogP) is 3.23. The maximum atomic E-state index is 12.2. The quantitative estimate of drug-likeness (QED) is 0.618. The first kappa shape index (κ1) is 19.4. The minimum Gasteiger partial charge on any atom is -0.337 e. The molecular formula is C21H20ClN3O4. The van der Waals surface area contributed by atoms with Gasteiger partial charge < -0.3 is 10.2 Å². The molecule has 0 radical (unpaired) electrons. The number of carbonyl (C=O) groups excluding carboxylic acids is 2. The molecule has 4 rings (SSSR count). The number of amides is 2. The molecule has 8 heteroatoms. The monoisotopic (exact) mass is 413 g/mol. The molecule has 2 aliphatic heterocycles. The Morgan fingerprint density at radius 1 is 1.24 bits per heavy atom. The molecule has 7 nitrogen and oxygen atoms in total. The van der Waals surface area contributed by atoms with E-state index < -0.39 is 0 Å². The molecule has 2 heterocycles. The predicted molar refractivity (Wildman–Crippen MR) is 109 cm³/mol. The van der Waals surface area contributed by atoms with E-state index >= 15 is 0 Å². The van der Waals surface area contributed by atoms with Crippen LogP contribution >= 0.6 is 11.6 Å². The Morgan fingerprint density at radius 3 is 2.69 bits per heavy atom. The first-order valence-corrected chi connectivity index (χ1v) is 9.80. The lowest BCUT2D eigenvalue weighted by atomic mass is 9.92. The van der Waals surface area contributed by atoms with Gasteiger partial charge in [0.1, 0.15) is 12.5 Å². The van der Waals surface area contributed by atoms with Gasteiger partial charge in [-0.2, -0.15) is 9.99 Å². The van der Waals surface area contributed by atoms with Gasteiger partial charge in [-0.15, -0.1) is 11.6 Å². The molecule has 1 unspecified atom stereocenters. The molecule has 2 aromatic rings. The summed E-state index contributed by atoms with van der Waals surface area (Å²) in [6.45, 7) is 3.84. The van der Waals surface area contributed by atoms with Crippen molar-refractivity contribution >= 4 is 34.8 Å². The topological polar surface area (TPSA) is 80.2 Å². The van der Waals surface area contributed by atoms with Crippen molar-refractivity contribution in [3.8, 4) is 5.75 Å². The normalized spacial score (nSPS) is 17.6. The number of alkyl halides is 1. The van der Waals surface area contributed by atoms with Crippen molar-refractivity contribution in [3.05, 3.63) is 58.7 Å². The summed E-state index contributed by atoms with van der Waals surface area (Å²) in [4.78, 5) is 34.1. The molecule has 2 aliphatic rings. The van der Waals surface area contributed by atoms with E-state index in [1.807, 2.05) is 31.2 Å². The SMILES string of the molecule is CC(=O)N1N=C(c2ccc(NC(=O)CCl)cc2)c2cc3c(cc2CC1C)OOC3. The van der Waals surface area contributed by atoms with E-state index in [9.17, 15) is 9.59 Å². The van der Waals surface area contributed by atoms with Crippen molar-refractivity contribution < 1.29 is 19.4 Å². The van der Waals surface area contributed by atoms with Gasteiger partial charge in [-0.3, -0.25) is 9.59 Å². The van der Waals surface area contributed by atoms with Gasteiger partial charge in [0.05, 0.1) is 11.8 Å². The van der Waals surface area contributed by atoms with Gasteiger partial charge in [0.2, 0.25) is 11.8 Å². The van der Waals surface area contributed by atoms with Crippen LogP contribution in [0.25, 0.3) is 0 Å².